The lowest BCUT2D eigenvalue weighted by Crippen LogP contribution is -2.02. The van der Waals surface area contributed by atoms with Crippen LogP contribution in [0.5, 0.6) is 0 Å². The van der Waals surface area contributed by atoms with Crippen molar-refractivity contribution in [2.45, 2.75) is 13.0 Å². The molecule has 0 atom stereocenters. The normalized spacial score (nSPS) is 11.1. The van der Waals surface area contributed by atoms with Gasteiger partial charge in [-0.3, -0.25) is 0 Å². The van der Waals surface area contributed by atoms with E-state index in [1.165, 1.54) is 30.3 Å². The van der Waals surface area contributed by atoms with E-state index in [0.29, 0.717) is 11.3 Å². The molecule has 0 spiro atoms. The third-order valence-corrected chi connectivity index (χ3v) is 3.62. The summed E-state index contributed by atoms with van der Waals surface area (Å²) in [6.45, 7) is 0.111. The van der Waals surface area contributed by atoms with Gasteiger partial charge in [-0.15, -0.1) is 10.2 Å². The Bertz CT molecular complexity index is 901. The molecule has 0 bridgehead atoms. The maximum absolute atomic E-state index is 14.2. The first-order valence-electron chi connectivity index (χ1n) is 7.03. The average molecular weight is 372 g/mol. The van der Waals surface area contributed by atoms with E-state index in [1.807, 2.05) is 0 Å². The van der Waals surface area contributed by atoms with Gasteiger partial charge in [0.05, 0.1) is 5.02 Å². The van der Waals surface area contributed by atoms with Crippen molar-refractivity contribution in [2.24, 2.45) is 0 Å². The van der Waals surface area contributed by atoms with E-state index >= 15 is 0 Å². The number of anilines is 1. The molecule has 1 aromatic heterocycles. The number of aromatic nitrogens is 2. The highest BCUT2D eigenvalue weighted by atomic mass is 35.5. The third kappa shape index (κ3) is 3.90. The molecule has 130 valence electrons. The fourth-order valence-corrected chi connectivity index (χ4v) is 2.25. The summed E-state index contributed by atoms with van der Waals surface area (Å²) in [6.07, 6.45) is -2.89. The molecule has 0 fully saturated rings. The predicted molar refractivity (Wildman–Crippen MR) is 83.4 cm³/mol. The Labute approximate surface area is 144 Å². The molecule has 0 aliphatic carbocycles. The van der Waals surface area contributed by atoms with Crippen LogP contribution in [0.15, 0.2) is 40.8 Å². The first-order chi connectivity index (χ1) is 11.9. The lowest BCUT2D eigenvalue weighted by Gasteiger charge is -2.09. The quantitative estimate of drug-likeness (QED) is 0.625. The molecule has 0 unspecified atom stereocenters. The molecule has 3 rings (SSSR count). The SMILES string of the molecule is Fc1ccc(NCc2ccc(-c3nnc(C(F)F)o3)cc2F)cc1Cl. The molecular formula is C16H10ClF4N3O. The molecule has 0 aliphatic heterocycles. The summed E-state index contributed by atoms with van der Waals surface area (Å²) in [4.78, 5) is 0. The standard InChI is InChI=1S/C16H10ClF4N3O/c17-11-6-10(3-4-12(11)18)22-7-9-2-1-8(5-13(9)19)15-23-24-16(25-15)14(20)21/h1-6,14,22H,7H2. The van der Waals surface area contributed by atoms with E-state index in [9.17, 15) is 17.6 Å². The van der Waals surface area contributed by atoms with Crippen LogP contribution in [0.4, 0.5) is 23.2 Å². The topological polar surface area (TPSA) is 51.0 Å². The Balaban J connectivity index is 1.74. The number of nitrogens with one attached hydrogen (secondary N) is 1. The lowest BCUT2D eigenvalue weighted by molar-refractivity contribution is 0.116. The second kappa shape index (κ2) is 7.10. The van der Waals surface area contributed by atoms with Gasteiger partial charge in [-0.2, -0.15) is 8.78 Å². The van der Waals surface area contributed by atoms with Gasteiger partial charge in [-0.05, 0) is 30.3 Å². The minimum absolute atomic E-state index is 0.0490. The Morgan fingerprint density at radius 3 is 2.48 bits per heavy atom. The smallest absolute Gasteiger partial charge is 0.314 e. The molecule has 9 heteroatoms. The van der Waals surface area contributed by atoms with Gasteiger partial charge < -0.3 is 9.73 Å². The molecule has 1 heterocycles. The zero-order chi connectivity index (χ0) is 18.0. The number of rotatable bonds is 5. The summed E-state index contributed by atoms with van der Waals surface area (Å²) in [5, 5.41) is 9.51. The fourth-order valence-electron chi connectivity index (χ4n) is 2.07. The Kier molecular flexibility index (Phi) is 4.89. The minimum atomic E-state index is -2.89. The fraction of sp³-hybridized carbons (Fsp3) is 0.125. The Hall–Kier alpha value is -2.61. The Morgan fingerprint density at radius 1 is 1.04 bits per heavy atom. The number of nitrogens with zero attached hydrogens (tertiary/aromatic N) is 2. The van der Waals surface area contributed by atoms with Crippen molar-refractivity contribution < 1.29 is 22.0 Å². The van der Waals surface area contributed by atoms with Gasteiger partial charge >= 0.3 is 6.43 Å². The van der Waals surface area contributed by atoms with Crippen LogP contribution >= 0.6 is 11.6 Å². The summed E-state index contributed by atoms with van der Waals surface area (Å²) in [6, 6.07) is 8.08. The monoisotopic (exact) mass is 371 g/mol. The third-order valence-electron chi connectivity index (χ3n) is 3.33. The summed E-state index contributed by atoms with van der Waals surface area (Å²) in [7, 11) is 0. The molecule has 0 saturated heterocycles. The molecule has 0 amide bonds. The van der Waals surface area contributed by atoms with E-state index in [1.54, 1.807) is 0 Å². The van der Waals surface area contributed by atoms with E-state index in [-0.39, 0.29) is 23.0 Å². The van der Waals surface area contributed by atoms with Crippen LogP contribution in [0.3, 0.4) is 0 Å². The van der Waals surface area contributed by atoms with Gasteiger partial charge in [0.1, 0.15) is 11.6 Å². The molecule has 25 heavy (non-hydrogen) atoms. The zero-order valence-corrected chi connectivity index (χ0v) is 13.2. The highest BCUT2D eigenvalue weighted by molar-refractivity contribution is 6.31. The van der Waals surface area contributed by atoms with E-state index in [4.69, 9.17) is 16.0 Å². The molecule has 0 radical (unpaired) electrons. The van der Waals surface area contributed by atoms with Crippen LogP contribution in [0.2, 0.25) is 5.02 Å². The number of benzene rings is 2. The summed E-state index contributed by atoms with van der Waals surface area (Å²) < 4.78 is 56.9. The van der Waals surface area contributed by atoms with Crippen molar-refractivity contribution in [1.82, 2.24) is 10.2 Å². The molecule has 0 aliphatic rings. The minimum Gasteiger partial charge on any atom is -0.415 e. The number of halogens is 5. The highest BCUT2D eigenvalue weighted by Gasteiger charge is 2.17. The van der Waals surface area contributed by atoms with E-state index < -0.39 is 24.0 Å². The van der Waals surface area contributed by atoms with Gasteiger partial charge in [-0.25, -0.2) is 8.78 Å². The molecule has 4 nitrogen and oxygen atoms in total. The van der Waals surface area contributed by atoms with Crippen LogP contribution < -0.4 is 5.32 Å². The van der Waals surface area contributed by atoms with Gasteiger partial charge in [-0.1, -0.05) is 17.7 Å². The van der Waals surface area contributed by atoms with Crippen LogP contribution in [-0.4, -0.2) is 10.2 Å². The Morgan fingerprint density at radius 2 is 1.84 bits per heavy atom. The number of hydrogen-bond acceptors (Lipinski definition) is 4. The predicted octanol–water partition coefficient (Wildman–Crippen LogP) is 5.22. The molecule has 1 N–H and O–H groups in total. The second-order valence-corrected chi connectivity index (χ2v) is 5.44. The highest BCUT2D eigenvalue weighted by Crippen LogP contribution is 2.25. The molecular weight excluding hydrogens is 362 g/mol. The van der Waals surface area contributed by atoms with Crippen LogP contribution in [0.25, 0.3) is 11.5 Å². The van der Waals surface area contributed by atoms with Crippen molar-refractivity contribution in [3.63, 3.8) is 0 Å². The second-order valence-electron chi connectivity index (χ2n) is 5.03. The molecule has 0 saturated carbocycles. The van der Waals surface area contributed by atoms with E-state index in [2.05, 4.69) is 15.5 Å². The van der Waals surface area contributed by atoms with Crippen LogP contribution in [0.1, 0.15) is 17.9 Å². The summed E-state index contributed by atoms with van der Waals surface area (Å²) in [5.74, 6) is -2.16. The van der Waals surface area contributed by atoms with Crippen molar-refractivity contribution >= 4 is 17.3 Å². The summed E-state index contributed by atoms with van der Waals surface area (Å²) >= 11 is 5.67. The van der Waals surface area contributed by atoms with E-state index in [0.717, 1.165) is 6.07 Å². The first-order valence-corrected chi connectivity index (χ1v) is 7.41. The molecule has 3 aromatic rings. The van der Waals surface area contributed by atoms with Crippen molar-refractivity contribution in [1.29, 1.82) is 0 Å². The van der Waals surface area contributed by atoms with Gasteiger partial charge in [0, 0.05) is 23.4 Å². The lowest BCUT2D eigenvalue weighted by atomic mass is 10.1. The average Bonchev–Trinajstić information content (AvgIpc) is 3.07. The van der Waals surface area contributed by atoms with Gasteiger partial charge in [0.2, 0.25) is 5.89 Å². The largest absolute Gasteiger partial charge is 0.415 e. The maximum atomic E-state index is 14.2. The van der Waals surface area contributed by atoms with Crippen LogP contribution in [0, 0.1) is 11.6 Å². The van der Waals surface area contributed by atoms with Crippen molar-refractivity contribution in [3.05, 3.63) is 64.5 Å². The van der Waals surface area contributed by atoms with Crippen molar-refractivity contribution in [2.75, 3.05) is 5.32 Å². The van der Waals surface area contributed by atoms with Gasteiger partial charge in [0.15, 0.2) is 0 Å². The number of alkyl halides is 2. The zero-order valence-electron chi connectivity index (χ0n) is 12.4. The van der Waals surface area contributed by atoms with Crippen molar-refractivity contribution in [3.8, 4) is 11.5 Å². The summed E-state index contributed by atoms with van der Waals surface area (Å²) in [5.41, 5.74) is 1.01. The van der Waals surface area contributed by atoms with Crippen LogP contribution in [-0.2, 0) is 6.54 Å². The first kappa shape index (κ1) is 17.2. The number of hydrogen-bond donors (Lipinski definition) is 1. The molecule has 2 aromatic carbocycles. The van der Waals surface area contributed by atoms with Gasteiger partial charge in [0.25, 0.3) is 5.89 Å². The maximum Gasteiger partial charge on any atom is 0.314 e.